The lowest BCUT2D eigenvalue weighted by atomic mass is 9.83. The standard InChI is InChI=1S/C17H26O2/c18-16(14-8-3-1-4-9-14)12-7-13-17(19)15-10-5-2-6-11-15/h1,3-4,8-9,15-19H,2,5-7,10-13H2/t16-,17-/m0/s1. The smallest absolute Gasteiger partial charge is 0.0790 e. The Kier molecular flexibility index (Phi) is 5.87. The lowest BCUT2D eigenvalue weighted by Crippen LogP contribution is -2.22. The van der Waals surface area contributed by atoms with Gasteiger partial charge in [-0.3, -0.25) is 0 Å². The molecule has 0 spiro atoms. The molecule has 1 aromatic carbocycles. The Morgan fingerprint density at radius 2 is 1.63 bits per heavy atom. The van der Waals surface area contributed by atoms with Crippen molar-refractivity contribution < 1.29 is 10.2 Å². The zero-order valence-corrected chi connectivity index (χ0v) is 11.7. The molecule has 2 N–H and O–H groups in total. The summed E-state index contributed by atoms with van der Waals surface area (Å²) in [6.45, 7) is 0. The molecule has 0 radical (unpaired) electrons. The highest BCUT2D eigenvalue weighted by atomic mass is 16.3. The van der Waals surface area contributed by atoms with Gasteiger partial charge in [-0.25, -0.2) is 0 Å². The first kappa shape index (κ1) is 14.5. The monoisotopic (exact) mass is 262 g/mol. The van der Waals surface area contributed by atoms with Gasteiger partial charge in [0.25, 0.3) is 0 Å². The van der Waals surface area contributed by atoms with E-state index in [9.17, 15) is 10.2 Å². The number of aliphatic hydroxyl groups excluding tert-OH is 2. The summed E-state index contributed by atoms with van der Waals surface area (Å²) in [5.74, 6) is 0.502. The van der Waals surface area contributed by atoms with Crippen molar-refractivity contribution in [2.45, 2.75) is 63.6 Å². The third kappa shape index (κ3) is 4.63. The summed E-state index contributed by atoms with van der Waals surface area (Å²) in [6.07, 6.45) is 8.16. The van der Waals surface area contributed by atoms with Crippen LogP contribution in [0.1, 0.15) is 63.0 Å². The highest BCUT2D eigenvalue weighted by Crippen LogP contribution is 2.29. The fourth-order valence-corrected chi connectivity index (χ4v) is 3.12. The molecular formula is C17H26O2. The van der Waals surface area contributed by atoms with Crippen molar-refractivity contribution in [1.29, 1.82) is 0 Å². The van der Waals surface area contributed by atoms with Crippen LogP contribution in [-0.2, 0) is 0 Å². The van der Waals surface area contributed by atoms with E-state index in [0.717, 1.165) is 24.8 Å². The Morgan fingerprint density at radius 1 is 0.947 bits per heavy atom. The number of benzene rings is 1. The van der Waals surface area contributed by atoms with E-state index >= 15 is 0 Å². The Morgan fingerprint density at radius 3 is 2.32 bits per heavy atom. The fraction of sp³-hybridized carbons (Fsp3) is 0.647. The predicted molar refractivity (Wildman–Crippen MR) is 77.8 cm³/mol. The normalized spacial score (nSPS) is 20.1. The Balaban J connectivity index is 1.68. The molecule has 0 saturated heterocycles. The van der Waals surface area contributed by atoms with Gasteiger partial charge < -0.3 is 10.2 Å². The molecule has 1 aliphatic rings. The minimum atomic E-state index is -0.389. The quantitative estimate of drug-likeness (QED) is 0.818. The summed E-state index contributed by atoms with van der Waals surface area (Å²) in [4.78, 5) is 0. The zero-order valence-electron chi connectivity index (χ0n) is 11.7. The summed E-state index contributed by atoms with van der Waals surface area (Å²) < 4.78 is 0. The number of hydrogen-bond acceptors (Lipinski definition) is 2. The first-order valence-electron chi connectivity index (χ1n) is 7.68. The second-order valence-corrected chi connectivity index (χ2v) is 5.82. The Labute approximate surface area is 116 Å². The van der Waals surface area contributed by atoms with Crippen LogP contribution >= 0.6 is 0 Å². The second kappa shape index (κ2) is 7.66. The highest BCUT2D eigenvalue weighted by molar-refractivity contribution is 5.16. The molecule has 0 bridgehead atoms. The van der Waals surface area contributed by atoms with Crippen LogP contribution in [-0.4, -0.2) is 16.3 Å². The zero-order chi connectivity index (χ0) is 13.5. The molecular weight excluding hydrogens is 236 g/mol. The summed E-state index contributed by atoms with van der Waals surface area (Å²) in [5.41, 5.74) is 0.981. The molecule has 0 aliphatic heterocycles. The summed E-state index contributed by atoms with van der Waals surface area (Å²) in [7, 11) is 0. The van der Waals surface area contributed by atoms with Crippen molar-refractivity contribution in [1.82, 2.24) is 0 Å². The first-order valence-corrected chi connectivity index (χ1v) is 7.68. The summed E-state index contributed by atoms with van der Waals surface area (Å²) in [5, 5.41) is 20.2. The summed E-state index contributed by atoms with van der Waals surface area (Å²) >= 11 is 0. The van der Waals surface area contributed by atoms with Crippen LogP contribution in [0, 0.1) is 5.92 Å². The molecule has 2 rings (SSSR count). The van der Waals surface area contributed by atoms with E-state index in [1.54, 1.807) is 0 Å². The molecule has 1 aromatic rings. The molecule has 0 aromatic heterocycles. The van der Waals surface area contributed by atoms with E-state index in [1.165, 1.54) is 32.1 Å². The van der Waals surface area contributed by atoms with Crippen LogP contribution in [0.2, 0.25) is 0 Å². The topological polar surface area (TPSA) is 40.5 Å². The highest BCUT2D eigenvalue weighted by Gasteiger charge is 2.21. The minimum Gasteiger partial charge on any atom is -0.393 e. The van der Waals surface area contributed by atoms with E-state index in [-0.39, 0.29) is 12.2 Å². The molecule has 2 nitrogen and oxygen atoms in total. The van der Waals surface area contributed by atoms with Crippen molar-refractivity contribution in [2.75, 3.05) is 0 Å². The van der Waals surface area contributed by atoms with Crippen molar-refractivity contribution in [2.24, 2.45) is 5.92 Å². The van der Waals surface area contributed by atoms with Crippen molar-refractivity contribution in [3.63, 3.8) is 0 Å². The van der Waals surface area contributed by atoms with Gasteiger partial charge >= 0.3 is 0 Å². The molecule has 0 heterocycles. The minimum absolute atomic E-state index is 0.164. The molecule has 2 heteroatoms. The van der Waals surface area contributed by atoms with Crippen LogP contribution < -0.4 is 0 Å². The molecule has 1 saturated carbocycles. The maximum absolute atomic E-state index is 10.2. The Hall–Kier alpha value is -0.860. The van der Waals surface area contributed by atoms with Gasteiger partial charge in [-0.1, -0.05) is 49.6 Å². The summed E-state index contributed by atoms with van der Waals surface area (Å²) in [6, 6.07) is 9.79. The van der Waals surface area contributed by atoms with Gasteiger partial charge in [0.15, 0.2) is 0 Å². The lowest BCUT2D eigenvalue weighted by molar-refractivity contribution is 0.0694. The molecule has 2 atom stereocenters. The largest absolute Gasteiger partial charge is 0.393 e. The predicted octanol–water partition coefficient (Wildman–Crippen LogP) is 3.83. The van der Waals surface area contributed by atoms with E-state index in [2.05, 4.69) is 0 Å². The SMILES string of the molecule is O[C@@H](CCC[C@H](O)C1CCCCC1)c1ccccc1. The maximum atomic E-state index is 10.2. The van der Waals surface area contributed by atoms with Crippen molar-refractivity contribution in [3.05, 3.63) is 35.9 Å². The molecule has 0 unspecified atom stereocenters. The van der Waals surface area contributed by atoms with E-state index in [4.69, 9.17) is 0 Å². The van der Waals surface area contributed by atoms with Crippen LogP contribution in [0.25, 0.3) is 0 Å². The molecule has 106 valence electrons. The third-order valence-electron chi connectivity index (χ3n) is 4.36. The van der Waals surface area contributed by atoms with Gasteiger partial charge in [0, 0.05) is 0 Å². The van der Waals surface area contributed by atoms with Crippen LogP contribution in [0.3, 0.4) is 0 Å². The Bertz CT molecular complexity index is 344. The van der Waals surface area contributed by atoms with Crippen LogP contribution in [0.5, 0.6) is 0 Å². The third-order valence-corrected chi connectivity index (χ3v) is 4.36. The van der Waals surface area contributed by atoms with Gasteiger partial charge in [0.05, 0.1) is 12.2 Å². The maximum Gasteiger partial charge on any atom is 0.0790 e. The second-order valence-electron chi connectivity index (χ2n) is 5.82. The fourth-order valence-electron chi connectivity index (χ4n) is 3.12. The van der Waals surface area contributed by atoms with Crippen molar-refractivity contribution in [3.8, 4) is 0 Å². The average molecular weight is 262 g/mol. The van der Waals surface area contributed by atoms with E-state index in [0.29, 0.717) is 5.92 Å². The molecule has 1 aliphatic carbocycles. The van der Waals surface area contributed by atoms with Gasteiger partial charge in [-0.15, -0.1) is 0 Å². The number of rotatable bonds is 6. The van der Waals surface area contributed by atoms with E-state index < -0.39 is 0 Å². The van der Waals surface area contributed by atoms with Crippen LogP contribution in [0.15, 0.2) is 30.3 Å². The number of aliphatic hydroxyl groups is 2. The van der Waals surface area contributed by atoms with Crippen molar-refractivity contribution >= 4 is 0 Å². The van der Waals surface area contributed by atoms with E-state index in [1.807, 2.05) is 30.3 Å². The van der Waals surface area contributed by atoms with Gasteiger partial charge in [0.2, 0.25) is 0 Å². The van der Waals surface area contributed by atoms with Crippen LogP contribution in [0.4, 0.5) is 0 Å². The molecule has 19 heavy (non-hydrogen) atoms. The number of hydrogen-bond donors (Lipinski definition) is 2. The lowest BCUT2D eigenvalue weighted by Gasteiger charge is -2.26. The van der Waals surface area contributed by atoms with Gasteiger partial charge in [0.1, 0.15) is 0 Å². The molecule has 1 fully saturated rings. The van der Waals surface area contributed by atoms with Gasteiger partial charge in [-0.05, 0) is 43.6 Å². The molecule has 0 amide bonds. The van der Waals surface area contributed by atoms with Gasteiger partial charge in [-0.2, -0.15) is 0 Å². The first-order chi connectivity index (χ1) is 9.27. The average Bonchev–Trinajstić information content (AvgIpc) is 2.49.